The molecule has 0 fully saturated rings. The molecule has 0 aliphatic rings. The van der Waals surface area contributed by atoms with Crippen LogP contribution in [0.15, 0.2) is 63.2 Å². The van der Waals surface area contributed by atoms with Crippen LogP contribution in [0.2, 0.25) is 5.02 Å². The number of carboxylic acid groups (broad SMARTS) is 1. The van der Waals surface area contributed by atoms with Crippen molar-refractivity contribution in [2.75, 3.05) is 0 Å². The summed E-state index contributed by atoms with van der Waals surface area (Å²) >= 11 is 5.73. The zero-order chi connectivity index (χ0) is 18.8. The third-order valence-corrected chi connectivity index (χ3v) is 6.79. The standard InChI is InChI=1S/C15H14ClNO6S2/c1-10(15(18)19)17-25(22,23)14-4-2-3-13(9-14)24(20,21)12-7-5-11(16)6-8-12/h2-10,17H,1H3,(H,18,19)/p-1/t10-/m1/s1. The van der Waals surface area contributed by atoms with Crippen molar-refractivity contribution >= 4 is 37.4 Å². The smallest absolute Gasteiger partial charge is 0.241 e. The Labute approximate surface area is 150 Å². The van der Waals surface area contributed by atoms with Crippen molar-refractivity contribution in [3.8, 4) is 0 Å². The van der Waals surface area contributed by atoms with Gasteiger partial charge in [0.1, 0.15) is 0 Å². The van der Waals surface area contributed by atoms with E-state index in [0.29, 0.717) is 5.02 Å². The van der Waals surface area contributed by atoms with Crippen LogP contribution in [0.1, 0.15) is 6.92 Å². The number of nitrogens with one attached hydrogen (secondary N) is 1. The third-order valence-electron chi connectivity index (χ3n) is 3.24. The molecule has 0 heterocycles. The van der Waals surface area contributed by atoms with Crippen molar-refractivity contribution < 1.29 is 26.7 Å². The number of sulfone groups is 1. The molecule has 134 valence electrons. The minimum atomic E-state index is -4.23. The number of rotatable bonds is 6. The van der Waals surface area contributed by atoms with Gasteiger partial charge >= 0.3 is 0 Å². The normalized spacial score (nSPS) is 13.4. The minimum absolute atomic E-state index is 0.0532. The second-order valence-electron chi connectivity index (χ2n) is 5.09. The van der Waals surface area contributed by atoms with Gasteiger partial charge in [0, 0.05) is 5.02 Å². The Morgan fingerprint density at radius 2 is 1.56 bits per heavy atom. The first-order chi connectivity index (χ1) is 11.5. The molecule has 0 saturated carbocycles. The summed E-state index contributed by atoms with van der Waals surface area (Å²) in [6.07, 6.45) is 0. The summed E-state index contributed by atoms with van der Waals surface area (Å²) in [7, 11) is -8.20. The molecule has 0 amide bonds. The molecule has 2 aromatic rings. The largest absolute Gasteiger partial charge is 0.548 e. The molecule has 0 saturated heterocycles. The highest BCUT2D eigenvalue weighted by molar-refractivity contribution is 7.91. The van der Waals surface area contributed by atoms with Gasteiger partial charge in [-0.1, -0.05) is 17.7 Å². The molecular weight excluding hydrogens is 390 g/mol. The molecule has 2 aromatic carbocycles. The average molecular weight is 403 g/mol. The molecule has 10 heteroatoms. The van der Waals surface area contributed by atoms with E-state index in [1.54, 1.807) is 0 Å². The van der Waals surface area contributed by atoms with Gasteiger partial charge in [-0.05, 0) is 49.4 Å². The lowest BCUT2D eigenvalue weighted by atomic mass is 10.4. The maximum atomic E-state index is 12.6. The van der Waals surface area contributed by atoms with Gasteiger partial charge in [-0.25, -0.2) is 21.6 Å². The first-order valence-corrected chi connectivity index (χ1v) is 10.2. The van der Waals surface area contributed by atoms with Crippen LogP contribution in [0, 0.1) is 0 Å². The van der Waals surface area contributed by atoms with Crippen molar-refractivity contribution in [1.29, 1.82) is 0 Å². The SMILES string of the molecule is C[C@@H](NS(=O)(=O)c1cccc(S(=O)(=O)c2ccc(Cl)cc2)c1)C(=O)[O-]. The number of hydrogen-bond acceptors (Lipinski definition) is 6. The second kappa shape index (κ2) is 7.12. The van der Waals surface area contributed by atoms with Gasteiger partial charge in [0.05, 0.1) is 26.7 Å². The first-order valence-electron chi connectivity index (χ1n) is 6.88. The molecule has 2 rings (SSSR count). The van der Waals surface area contributed by atoms with E-state index in [0.717, 1.165) is 19.1 Å². The zero-order valence-electron chi connectivity index (χ0n) is 12.8. The summed E-state index contributed by atoms with van der Waals surface area (Å²) in [5.41, 5.74) is 0. The molecule has 1 atom stereocenters. The second-order valence-corrected chi connectivity index (χ2v) is 9.19. The van der Waals surface area contributed by atoms with E-state index in [1.165, 1.54) is 36.4 Å². The van der Waals surface area contributed by atoms with Crippen LogP contribution >= 0.6 is 11.6 Å². The quantitative estimate of drug-likeness (QED) is 0.754. The van der Waals surface area contributed by atoms with Gasteiger partial charge in [0.2, 0.25) is 19.9 Å². The van der Waals surface area contributed by atoms with E-state index in [2.05, 4.69) is 0 Å². The lowest BCUT2D eigenvalue weighted by Gasteiger charge is -2.15. The van der Waals surface area contributed by atoms with Crippen LogP contribution < -0.4 is 9.83 Å². The predicted octanol–water partition coefficient (Wildman–Crippen LogP) is 0.590. The molecule has 0 spiro atoms. The number of benzene rings is 2. The lowest BCUT2D eigenvalue weighted by molar-refractivity contribution is -0.307. The number of sulfonamides is 1. The molecule has 0 aliphatic carbocycles. The number of hydrogen-bond donors (Lipinski definition) is 1. The molecular formula is C15H13ClNO6S2-. The molecule has 0 unspecified atom stereocenters. The third kappa shape index (κ3) is 4.37. The van der Waals surface area contributed by atoms with E-state index in [1.807, 2.05) is 4.72 Å². The van der Waals surface area contributed by atoms with Crippen LogP contribution in [0.5, 0.6) is 0 Å². The number of halogens is 1. The van der Waals surface area contributed by atoms with E-state index in [4.69, 9.17) is 11.6 Å². The summed E-state index contributed by atoms with van der Waals surface area (Å²) in [6, 6.07) is 8.54. The number of carboxylic acids is 1. The van der Waals surface area contributed by atoms with E-state index in [-0.39, 0.29) is 14.7 Å². The van der Waals surface area contributed by atoms with Crippen LogP contribution in [-0.2, 0) is 24.7 Å². The highest BCUT2D eigenvalue weighted by Crippen LogP contribution is 2.24. The van der Waals surface area contributed by atoms with Crippen LogP contribution in [-0.4, -0.2) is 28.8 Å². The summed E-state index contributed by atoms with van der Waals surface area (Å²) in [5.74, 6) is -1.60. The summed E-state index contributed by atoms with van der Waals surface area (Å²) < 4.78 is 51.5. The Morgan fingerprint density at radius 3 is 2.12 bits per heavy atom. The van der Waals surface area contributed by atoms with Crippen LogP contribution in [0.3, 0.4) is 0 Å². The Kier molecular flexibility index (Phi) is 5.52. The molecule has 0 aliphatic heterocycles. The number of carbonyl (C=O) groups excluding carboxylic acids is 1. The molecule has 0 radical (unpaired) electrons. The van der Waals surface area contributed by atoms with Crippen LogP contribution in [0.4, 0.5) is 0 Å². The summed E-state index contributed by atoms with van der Waals surface area (Å²) in [4.78, 5) is 10.0. The average Bonchev–Trinajstić information content (AvgIpc) is 2.55. The van der Waals surface area contributed by atoms with Gasteiger partial charge in [-0.15, -0.1) is 0 Å². The Hall–Kier alpha value is -1.94. The van der Waals surface area contributed by atoms with Crippen molar-refractivity contribution in [3.63, 3.8) is 0 Å². The Bertz CT molecular complexity index is 1000. The Morgan fingerprint density at radius 1 is 1.00 bits per heavy atom. The van der Waals surface area contributed by atoms with E-state index < -0.39 is 31.9 Å². The molecule has 7 nitrogen and oxygen atoms in total. The molecule has 0 bridgehead atoms. The number of carbonyl (C=O) groups is 1. The topological polar surface area (TPSA) is 120 Å². The highest BCUT2D eigenvalue weighted by atomic mass is 35.5. The fraction of sp³-hybridized carbons (Fsp3) is 0.133. The van der Waals surface area contributed by atoms with Crippen molar-refractivity contribution in [2.24, 2.45) is 0 Å². The highest BCUT2D eigenvalue weighted by Gasteiger charge is 2.22. The van der Waals surface area contributed by atoms with Crippen molar-refractivity contribution in [1.82, 2.24) is 4.72 Å². The predicted molar refractivity (Wildman–Crippen MR) is 88.1 cm³/mol. The summed E-state index contributed by atoms with van der Waals surface area (Å²) in [5, 5.41) is 11.1. The van der Waals surface area contributed by atoms with E-state index >= 15 is 0 Å². The maximum absolute atomic E-state index is 12.6. The van der Waals surface area contributed by atoms with Gasteiger partial charge in [0.25, 0.3) is 0 Å². The van der Waals surface area contributed by atoms with Gasteiger partial charge in [-0.3, -0.25) is 0 Å². The maximum Gasteiger partial charge on any atom is 0.241 e. The van der Waals surface area contributed by atoms with E-state index in [9.17, 15) is 26.7 Å². The molecule has 25 heavy (non-hydrogen) atoms. The monoisotopic (exact) mass is 402 g/mol. The zero-order valence-corrected chi connectivity index (χ0v) is 15.2. The summed E-state index contributed by atoms with van der Waals surface area (Å²) in [6.45, 7) is 1.10. The molecule has 1 N–H and O–H groups in total. The lowest BCUT2D eigenvalue weighted by Crippen LogP contribution is -2.45. The fourth-order valence-electron chi connectivity index (χ4n) is 1.91. The van der Waals surface area contributed by atoms with Gasteiger partial charge in [-0.2, -0.15) is 0 Å². The number of aliphatic carboxylic acids is 1. The molecule has 0 aromatic heterocycles. The fourth-order valence-corrected chi connectivity index (χ4v) is 4.65. The van der Waals surface area contributed by atoms with Crippen LogP contribution in [0.25, 0.3) is 0 Å². The van der Waals surface area contributed by atoms with Crippen molar-refractivity contribution in [3.05, 3.63) is 53.6 Å². The van der Waals surface area contributed by atoms with Gasteiger partial charge in [0.15, 0.2) is 0 Å². The minimum Gasteiger partial charge on any atom is -0.548 e. The first kappa shape index (κ1) is 19.4. The van der Waals surface area contributed by atoms with Crippen molar-refractivity contribution in [2.45, 2.75) is 27.7 Å². The van der Waals surface area contributed by atoms with Gasteiger partial charge < -0.3 is 9.90 Å². The Balaban J connectivity index is 2.45.